The Hall–Kier alpha value is -0.0800. The van der Waals surface area contributed by atoms with Crippen LogP contribution in [0.1, 0.15) is 77.6 Å². The molecule has 0 saturated carbocycles. The second-order valence-corrected chi connectivity index (χ2v) is 5.03. The molecule has 0 radical (unpaired) electrons. The van der Waals surface area contributed by atoms with Gasteiger partial charge in [0.1, 0.15) is 0 Å². The molecule has 0 spiro atoms. The largest absolute Gasteiger partial charge is 0.396 e. The summed E-state index contributed by atoms with van der Waals surface area (Å²) in [4.78, 5) is 0. The number of unbranched alkanes of at least 4 members (excludes halogenated alkanes) is 9. The van der Waals surface area contributed by atoms with Gasteiger partial charge in [-0.15, -0.1) is 0 Å². The van der Waals surface area contributed by atoms with E-state index >= 15 is 0 Å². The molecule has 0 aliphatic heterocycles. The number of nitrogens with two attached hydrogens (primary N) is 1. The Kier molecular flexibility index (Phi) is 12.9. The van der Waals surface area contributed by atoms with Gasteiger partial charge in [-0.3, -0.25) is 0 Å². The molecule has 0 aliphatic rings. The van der Waals surface area contributed by atoms with Gasteiger partial charge in [-0.25, -0.2) is 0 Å². The van der Waals surface area contributed by atoms with Gasteiger partial charge >= 0.3 is 0 Å². The molecule has 0 rings (SSSR count). The summed E-state index contributed by atoms with van der Waals surface area (Å²) in [6.45, 7) is 2.45. The predicted octanol–water partition coefficient (Wildman–Crippen LogP) is 3.62. The summed E-state index contributed by atoms with van der Waals surface area (Å²) in [5, 5.41) is 8.62. The highest BCUT2D eigenvalue weighted by Gasteiger charge is 1.95. The van der Waals surface area contributed by atoms with Crippen molar-refractivity contribution in [2.75, 3.05) is 6.61 Å². The van der Waals surface area contributed by atoms with Gasteiger partial charge in [0.2, 0.25) is 0 Å². The molecule has 1 atom stereocenters. The third kappa shape index (κ3) is 13.9. The Morgan fingerprint density at radius 3 is 1.50 bits per heavy atom. The van der Waals surface area contributed by atoms with Gasteiger partial charge in [0.25, 0.3) is 0 Å². The fraction of sp³-hybridized carbons (Fsp3) is 1.00. The summed E-state index contributed by atoms with van der Waals surface area (Å²) < 4.78 is 0. The van der Waals surface area contributed by atoms with Gasteiger partial charge in [0.05, 0.1) is 0 Å². The average molecular weight is 229 g/mol. The van der Waals surface area contributed by atoms with Crippen LogP contribution in [0.4, 0.5) is 0 Å². The van der Waals surface area contributed by atoms with Crippen molar-refractivity contribution in [1.29, 1.82) is 0 Å². The average Bonchev–Trinajstić information content (AvgIpc) is 2.25. The summed E-state index contributed by atoms with van der Waals surface area (Å²) in [7, 11) is 0. The minimum Gasteiger partial charge on any atom is -0.396 e. The standard InChI is InChI=1S/C14H31NO/c1-14(15)12-10-8-6-4-2-3-5-7-9-11-13-16/h14,16H,2-13,15H2,1H3/t14-/m1/s1. The maximum atomic E-state index is 8.62. The molecule has 0 aromatic carbocycles. The Labute approximate surface area is 102 Å². The summed E-state index contributed by atoms with van der Waals surface area (Å²) in [5.41, 5.74) is 5.69. The van der Waals surface area contributed by atoms with E-state index in [9.17, 15) is 0 Å². The SMILES string of the molecule is C[C@@H](N)CCCCCCCCCCCCO. The molecule has 0 fully saturated rings. The second kappa shape index (κ2) is 13.0. The second-order valence-electron chi connectivity index (χ2n) is 5.03. The Bertz CT molecular complexity index is 126. The summed E-state index contributed by atoms with van der Waals surface area (Å²) in [6.07, 6.45) is 14.2. The quantitative estimate of drug-likeness (QED) is 0.502. The van der Waals surface area contributed by atoms with Crippen LogP contribution in [0.15, 0.2) is 0 Å². The van der Waals surface area contributed by atoms with E-state index in [1.54, 1.807) is 0 Å². The smallest absolute Gasteiger partial charge is 0.0431 e. The molecule has 0 unspecified atom stereocenters. The first-order valence-corrected chi connectivity index (χ1v) is 7.14. The number of aliphatic hydroxyl groups is 1. The van der Waals surface area contributed by atoms with Crippen LogP contribution in [-0.4, -0.2) is 17.8 Å². The van der Waals surface area contributed by atoms with Crippen molar-refractivity contribution in [3.05, 3.63) is 0 Å². The van der Waals surface area contributed by atoms with Crippen LogP contribution in [0.2, 0.25) is 0 Å². The van der Waals surface area contributed by atoms with Crippen LogP contribution in [0.25, 0.3) is 0 Å². The lowest BCUT2D eigenvalue weighted by atomic mass is 10.0. The minimum absolute atomic E-state index is 0.361. The van der Waals surface area contributed by atoms with Gasteiger partial charge in [0, 0.05) is 12.6 Å². The maximum Gasteiger partial charge on any atom is 0.0431 e. The summed E-state index contributed by atoms with van der Waals surface area (Å²) >= 11 is 0. The Morgan fingerprint density at radius 2 is 1.12 bits per heavy atom. The first kappa shape index (κ1) is 15.9. The number of aliphatic hydroxyl groups excluding tert-OH is 1. The molecule has 0 aromatic heterocycles. The van der Waals surface area contributed by atoms with Crippen molar-refractivity contribution >= 4 is 0 Å². The maximum absolute atomic E-state index is 8.62. The van der Waals surface area contributed by atoms with Gasteiger partial charge in [-0.1, -0.05) is 57.8 Å². The zero-order valence-electron chi connectivity index (χ0n) is 11.1. The topological polar surface area (TPSA) is 46.2 Å². The lowest BCUT2D eigenvalue weighted by Gasteiger charge is -2.04. The number of hydrogen-bond donors (Lipinski definition) is 2. The molecule has 0 aliphatic carbocycles. The summed E-state index contributed by atoms with van der Waals surface area (Å²) in [6, 6.07) is 0.381. The minimum atomic E-state index is 0.361. The molecule has 3 N–H and O–H groups in total. The van der Waals surface area contributed by atoms with Gasteiger partial charge in [0.15, 0.2) is 0 Å². The highest BCUT2D eigenvalue weighted by atomic mass is 16.2. The molecule has 0 amide bonds. The van der Waals surface area contributed by atoms with Crippen LogP contribution >= 0.6 is 0 Å². The molecule has 16 heavy (non-hydrogen) atoms. The van der Waals surface area contributed by atoms with Crippen molar-refractivity contribution in [2.45, 2.75) is 83.6 Å². The molecule has 2 heteroatoms. The monoisotopic (exact) mass is 229 g/mol. The normalized spacial score (nSPS) is 12.9. The molecular weight excluding hydrogens is 198 g/mol. The predicted molar refractivity (Wildman–Crippen MR) is 71.5 cm³/mol. The number of hydrogen-bond acceptors (Lipinski definition) is 2. The van der Waals surface area contributed by atoms with E-state index in [2.05, 4.69) is 6.92 Å². The first-order valence-electron chi connectivity index (χ1n) is 7.14. The van der Waals surface area contributed by atoms with Crippen LogP contribution in [0, 0.1) is 0 Å². The van der Waals surface area contributed by atoms with E-state index in [4.69, 9.17) is 10.8 Å². The highest BCUT2D eigenvalue weighted by Crippen LogP contribution is 2.11. The van der Waals surface area contributed by atoms with Crippen molar-refractivity contribution in [1.82, 2.24) is 0 Å². The zero-order chi connectivity index (χ0) is 12.1. The van der Waals surface area contributed by atoms with E-state index in [0.29, 0.717) is 12.6 Å². The number of rotatable bonds is 12. The van der Waals surface area contributed by atoms with E-state index in [0.717, 1.165) is 6.42 Å². The molecular formula is C14H31NO. The fourth-order valence-corrected chi connectivity index (χ4v) is 1.99. The Balaban J connectivity index is 2.88. The molecule has 0 saturated heterocycles. The lowest BCUT2D eigenvalue weighted by molar-refractivity contribution is 0.282. The van der Waals surface area contributed by atoms with Gasteiger partial charge in [-0.05, 0) is 19.8 Å². The third-order valence-corrected chi connectivity index (χ3v) is 3.07. The van der Waals surface area contributed by atoms with Crippen molar-refractivity contribution < 1.29 is 5.11 Å². The van der Waals surface area contributed by atoms with Crippen LogP contribution in [-0.2, 0) is 0 Å². The highest BCUT2D eigenvalue weighted by molar-refractivity contribution is 4.53. The van der Waals surface area contributed by atoms with Gasteiger partial charge < -0.3 is 10.8 Å². The fourth-order valence-electron chi connectivity index (χ4n) is 1.99. The van der Waals surface area contributed by atoms with E-state index in [-0.39, 0.29) is 0 Å². The van der Waals surface area contributed by atoms with Crippen LogP contribution in [0.5, 0.6) is 0 Å². The van der Waals surface area contributed by atoms with Crippen LogP contribution < -0.4 is 5.73 Å². The van der Waals surface area contributed by atoms with E-state index in [1.165, 1.54) is 64.2 Å². The molecule has 2 nitrogen and oxygen atoms in total. The molecule has 0 bridgehead atoms. The van der Waals surface area contributed by atoms with E-state index < -0.39 is 0 Å². The van der Waals surface area contributed by atoms with Crippen molar-refractivity contribution in [2.24, 2.45) is 5.73 Å². The molecule has 0 heterocycles. The lowest BCUT2D eigenvalue weighted by Crippen LogP contribution is -2.13. The van der Waals surface area contributed by atoms with Crippen LogP contribution in [0.3, 0.4) is 0 Å². The molecule has 0 aromatic rings. The molecule has 98 valence electrons. The Morgan fingerprint density at radius 1 is 0.750 bits per heavy atom. The van der Waals surface area contributed by atoms with Crippen molar-refractivity contribution in [3.8, 4) is 0 Å². The third-order valence-electron chi connectivity index (χ3n) is 3.07. The van der Waals surface area contributed by atoms with E-state index in [1.807, 2.05) is 0 Å². The van der Waals surface area contributed by atoms with Gasteiger partial charge in [-0.2, -0.15) is 0 Å². The first-order chi connectivity index (χ1) is 7.77. The summed E-state index contributed by atoms with van der Waals surface area (Å²) in [5.74, 6) is 0. The zero-order valence-corrected chi connectivity index (χ0v) is 11.1. The van der Waals surface area contributed by atoms with Crippen molar-refractivity contribution in [3.63, 3.8) is 0 Å².